The number of aryl methyl sites for hydroxylation is 1. The Balaban J connectivity index is 1.96. The van der Waals surface area contributed by atoms with Crippen LogP contribution in [-0.2, 0) is 33.8 Å². The highest BCUT2D eigenvalue weighted by Crippen LogP contribution is 2.26. The van der Waals surface area contributed by atoms with Gasteiger partial charge in [0.2, 0.25) is 5.91 Å². The zero-order valence-electron chi connectivity index (χ0n) is 19.0. The molecule has 0 unspecified atom stereocenters. The van der Waals surface area contributed by atoms with E-state index in [9.17, 15) is 9.59 Å². The fourth-order valence-electron chi connectivity index (χ4n) is 3.58. The van der Waals surface area contributed by atoms with Crippen LogP contribution in [0.2, 0.25) is 0 Å². The number of esters is 1. The summed E-state index contributed by atoms with van der Waals surface area (Å²) in [6.45, 7) is 9.83. The number of ether oxygens (including phenoxy) is 1. The molecule has 0 aliphatic heterocycles. The van der Waals surface area contributed by atoms with Gasteiger partial charge in [-0.15, -0.1) is 0 Å². The number of carbonyl (C=O) groups excluding carboxylic acids is 2. The molecule has 3 aromatic rings. The summed E-state index contributed by atoms with van der Waals surface area (Å²) in [4.78, 5) is 31.4. The molecule has 6 nitrogen and oxygen atoms in total. The molecule has 1 heterocycles. The van der Waals surface area contributed by atoms with E-state index >= 15 is 0 Å². The van der Waals surface area contributed by atoms with Crippen LogP contribution >= 0.6 is 0 Å². The number of nitrogens with zero attached hydrogens (tertiary/aromatic N) is 3. The Morgan fingerprint density at radius 1 is 1.10 bits per heavy atom. The van der Waals surface area contributed by atoms with Gasteiger partial charge < -0.3 is 14.2 Å². The van der Waals surface area contributed by atoms with Crippen LogP contribution in [0.4, 0.5) is 5.69 Å². The van der Waals surface area contributed by atoms with E-state index in [0.29, 0.717) is 6.54 Å². The summed E-state index contributed by atoms with van der Waals surface area (Å²) in [6, 6.07) is 15.7. The standard InChI is InChI=1S/C25H31N3O3/c1-6-10-23-26-21-15-20(27(18(2)29)16-19-11-8-7-9-12-19)13-14-22(21)28(23)17-24(30)31-25(3,4)5/h7-9,11-15H,6,10,16-17H2,1-5H3. The van der Waals surface area contributed by atoms with Crippen molar-refractivity contribution in [2.45, 2.75) is 66.2 Å². The second-order valence-corrected chi connectivity index (χ2v) is 8.71. The first-order valence-corrected chi connectivity index (χ1v) is 10.7. The maximum atomic E-state index is 12.5. The highest BCUT2D eigenvalue weighted by Gasteiger charge is 2.20. The summed E-state index contributed by atoms with van der Waals surface area (Å²) in [7, 11) is 0. The van der Waals surface area contributed by atoms with Crippen LogP contribution in [-0.4, -0.2) is 27.0 Å². The Hall–Kier alpha value is -3.15. The van der Waals surface area contributed by atoms with Gasteiger partial charge in [-0.05, 0) is 51.0 Å². The third kappa shape index (κ3) is 5.72. The zero-order chi connectivity index (χ0) is 22.6. The number of fused-ring (bicyclic) bond motifs is 1. The Morgan fingerprint density at radius 3 is 2.42 bits per heavy atom. The Kier molecular flexibility index (Phi) is 6.78. The Bertz CT molecular complexity index is 1060. The van der Waals surface area contributed by atoms with Crippen molar-refractivity contribution in [3.05, 3.63) is 59.9 Å². The summed E-state index contributed by atoms with van der Waals surface area (Å²) in [5.74, 6) is 0.519. The van der Waals surface area contributed by atoms with Crippen LogP contribution in [0, 0.1) is 0 Å². The number of hydrogen-bond donors (Lipinski definition) is 0. The summed E-state index contributed by atoms with van der Waals surface area (Å²) in [5, 5.41) is 0. The number of anilines is 1. The van der Waals surface area contributed by atoms with Gasteiger partial charge in [0.05, 0.1) is 17.6 Å². The van der Waals surface area contributed by atoms with Crippen LogP contribution in [0.5, 0.6) is 0 Å². The Morgan fingerprint density at radius 2 is 1.81 bits per heavy atom. The topological polar surface area (TPSA) is 64.4 Å². The van der Waals surface area contributed by atoms with Crippen molar-refractivity contribution in [2.24, 2.45) is 0 Å². The molecule has 3 rings (SSSR count). The largest absolute Gasteiger partial charge is 0.459 e. The van der Waals surface area contributed by atoms with E-state index in [-0.39, 0.29) is 18.4 Å². The van der Waals surface area contributed by atoms with Crippen LogP contribution in [0.3, 0.4) is 0 Å². The third-order valence-electron chi connectivity index (χ3n) is 4.87. The van der Waals surface area contributed by atoms with Crippen molar-refractivity contribution < 1.29 is 14.3 Å². The van der Waals surface area contributed by atoms with Gasteiger partial charge in [0.15, 0.2) is 0 Å². The highest BCUT2D eigenvalue weighted by molar-refractivity contribution is 5.94. The first-order chi connectivity index (χ1) is 14.7. The molecule has 164 valence electrons. The fourth-order valence-corrected chi connectivity index (χ4v) is 3.58. The normalized spacial score (nSPS) is 11.5. The van der Waals surface area contributed by atoms with Gasteiger partial charge in [0, 0.05) is 19.0 Å². The average molecular weight is 422 g/mol. The van der Waals surface area contributed by atoms with Crippen LogP contribution < -0.4 is 4.90 Å². The molecule has 0 saturated heterocycles. The maximum absolute atomic E-state index is 12.5. The lowest BCUT2D eigenvalue weighted by atomic mass is 10.2. The van der Waals surface area contributed by atoms with E-state index < -0.39 is 5.60 Å². The molecule has 6 heteroatoms. The number of carbonyl (C=O) groups is 2. The first-order valence-electron chi connectivity index (χ1n) is 10.7. The molecule has 1 aromatic heterocycles. The summed E-state index contributed by atoms with van der Waals surface area (Å²) in [5.41, 5.74) is 2.93. The molecule has 0 fully saturated rings. The van der Waals surface area contributed by atoms with Crippen molar-refractivity contribution in [2.75, 3.05) is 4.90 Å². The van der Waals surface area contributed by atoms with E-state index in [4.69, 9.17) is 9.72 Å². The number of aromatic nitrogens is 2. The quantitative estimate of drug-likeness (QED) is 0.510. The van der Waals surface area contributed by atoms with E-state index in [1.807, 2.05) is 73.9 Å². The number of hydrogen-bond acceptors (Lipinski definition) is 4. The molecule has 0 saturated carbocycles. The number of benzene rings is 2. The lowest BCUT2D eigenvalue weighted by Gasteiger charge is -2.22. The van der Waals surface area contributed by atoms with Gasteiger partial charge in [-0.2, -0.15) is 0 Å². The first kappa shape index (κ1) is 22.5. The molecular weight excluding hydrogens is 390 g/mol. The predicted octanol–water partition coefficient (Wildman–Crippen LogP) is 4.88. The molecule has 1 amide bonds. The zero-order valence-corrected chi connectivity index (χ0v) is 19.0. The Labute approximate surface area is 183 Å². The van der Waals surface area contributed by atoms with E-state index in [0.717, 1.165) is 41.0 Å². The van der Waals surface area contributed by atoms with Gasteiger partial charge >= 0.3 is 5.97 Å². The van der Waals surface area contributed by atoms with E-state index in [1.54, 1.807) is 11.8 Å². The van der Waals surface area contributed by atoms with Crippen molar-refractivity contribution >= 4 is 28.6 Å². The summed E-state index contributed by atoms with van der Waals surface area (Å²) in [6.07, 6.45) is 1.67. The lowest BCUT2D eigenvalue weighted by molar-refractivity contribution is -0.155. The molecular formula is C25H31N3O3. The van der Waals surface area contributed by atoms with Crippen molar-refractivity contribution in [1.29, 1.82) is 0 Å². The van der Waals surface area contributed by atoms with E-state index in [1.165, 1.54) is 0 Å². The fraction of sp³-hybridized carbons (Fsp3) is 0.400. The molecule has 0 radical (unpaired) electrons. The summed E-state index contributed by atoms with van der Waals surface area (Å²) < 4.78 is 7.44. The minimum absolute atomic E-state index is 0.0369. The van der Waals surface area contributed by atoms with Crippen molar-refractivity contribution in [3.63, 3.8) is 0 Å². The van der Waals surface area contributed by atoms with Gasteiger partial charge in [-0.3, -0.25) is 9.59 Å². The van der Waals surface area contributed by atoms with Crippen LogP contribution in [0.1, 0.15) is 52.4 Å². The number of imidazole rings is 1. The van der Waals surface area contributed by atoms with E-state index in [2.05, 4.69) is 6.92 Å². The van der Waals surface area contributed by atoms with Gasteiger partial charge in [-0.25, -0.2) is 4.98 Å². The lowest BCUT2D eigenvalue weighted by Crippen LogP contribution is -2.27. The van der Waals surface area contributed by atoms with Gasteiger partial charge in [-0.1, -0.05) is 37.3 Å². The van der Waals surface area contributed by atoms with Gasteiger partial charge in [0.25, 0.3) is 0 Å². The average Bonchev–Trinajstić information content (AvgIpc) is 3.02. The van der Waals surface area contributed by atoms with Crippen LogP contribution in [0.15, 0.2) is 48.5 Å². The molecule has 2 aromatic carbocycles. The summed E-state index contributed by atoms with van der Waals surface area (Å²) >= 11 is 0. The van der Waals surface area contributed by atoms with Crippen molar-refractivity contribution in [3.8, 4) is 0 Å². The number of amides is 1. The monoisotopic (exact) mass is 421 g/mol. The molecule has 0 aliphatic carbocycles. The molecule has 0 aliphatic rings. The minimum Gasteiger partial charge on any atom is -0.459 e. The molecule has 0 N–H and O–H groups in total. The van der Waals surface area contributed by atoms with Crippen molar-refractivity contribution in [1.82, 2.24) is 9.55 Å². The third-order valence-corrected chi connectivity index (χ3v) is 4.87. The maximum Gasteiger partial charge on any atom is 0.326 e. The molecule has 0 bridgehead atoms. The predicted molar refractivity (Wildman–Crippen MR) is 123 cm³/mol. The SMILES string of the molecule is CCCc1nc2cc(N(Cc3ccccc3)C(C)=O)ccc2n1CC(=O)OC(C)(C)C. The second kappa shape index (κ2) is 9.33. The number of rotatable bonds is 7. The molecule has 0 atom stereocenters. The highest BCUT2D eigenvalue weighted by atomic mass is 16.6. The smallest absolute Gasteiger partial charge is 0.326 e. The van der Waals surface area contributed by atoms with Gasteiger partial charge in [0.1, 0.15) is 18.0 Å². The second-order valence-electron chi connectivity index (χ2n) is 8.71. The minimum atomic E-state index is -0.537. The molecule has 0 spiro atoms. The molecule has 31 heavy (non-hydrogen) atoms. The van der Waals surface area contributed by atoms with Crippen LogP contribution in [0.25, 0.3) is 11.0 Å².